The van der Waals surface area contributed by atoms with Crippen molar-refractivity contribution >= 4 is 17.5 Å². The van der Waals surface area contributed by atoms with Crippen LogP contribution in [0.2, 0.25) is 0 Å². The van der Waals surface area contributed by atoms with Crippen molar-refractivity contribution in [3.63, 3.8) is 0 Å². The quantitative estimate of drug-likeness (QED) is 0.808. The zero-order chi connectivity index (χ0) is 17.6. The Bertz CT molecular complexity index is 791. The highest BCUT2D eigenvalue weighted by Gasteiger charge is 2.17. The molecule has 2 aromatic rings. The molecule has 0 radical (unpaired) electrons. The van der Waals surface area contributed by atoms with Gasteiger partial charge in [-0.3, -0.25) is 9.59 Å². The minimum atomic E-state index is -0.732. The minimum Gasteiger partial charge on any atom is -0.497 e. The minimum absolute atomic E-state index is 0.150. The van der Waals surface area contributed by atoms with Gasteiger partial charge in [0.05, 0.1) is 7.11 Å². The lowest BCUT2D eigenvalue weighted by Gasteiger charge is -2.08. The third-order valence-electron chi connectivity index (χ3n) is 3.67. The molecule has 0 saturated carbocycles. The Morgan fingerprint density at radius 3 is 2.76 bits per heavy atom. The van der Waals surface area contributed by atoms with Crippen molar-refractivity contribution in [2.75, 3.05) is 25.8 Å². The van der Waals surface area contributed by atoms with Gasteiger partial charge in [0.15, 0.2) is 11.5 Å². The van der Waals surface area contributed by atoms with Gasteiger partial charge >= 0.3 is 11.8 Å². The van der Waals surface area contributed by atoms with Gasteiger partial charge in [-0.1, -0.05) is 12.1 Å². The first-order valence-electron chi connectivity index (χ1n) is 7.77. The first-order chi connectivity index (χ1) is 12.2. The molecule has 1 heterocycles. The Morgan fingerprint density at radius 2 is 1.92 bits per heavy atom. The Balaban J connectivity index is 1.48. The molecule has 25 heavy (non-hydrogen) atoms. The molecule has 0 saturated heterocycles. The second kappa shape index (κ2) is 7.57. The Kier molecular flexibility index (Phi) is 5.03. The molecule has 1 aliphatic heterocycles. The summed E-state index contributed by atoms with van der Waals surface area (Å²) in [6.07, 6.45) is 0.597. The number of hydrogen-bond acceptors (Lipinski definition) is 5. The summed E-state index contributed by atoms with van der Waals surface area (Å²) in [5, 5.41) is 5.13. The first-order valence-corrected chi connectivity index (χ1v) is 7.77. The second-order valence-corrected chi connectivity index (χ2v) is 5.38. The van der Waals surface area contributed by atoms with Crippen LogP contribution in [0, 0.1) is 0 Å². The lowest BCUT2D eigenvalue weighted by molar-refractivity contribution is -0.136. The highest BCUT2D eigenvalue weighted by molar-refractivity contribution is 6.39. The van der Waals surface area contributed by atoms with E-state index in [0.717, 1.165) is 11.3 Å². The van der Waals surface area contributed by atoms with Crippen LogP contribution < -0.4 is 24.8 Å². The van der Waals surface area contributed by atoms with Crippen molar-refractivity contribution in [2.45, 2.75) is 6.42 Å². The number of fused-ring (bicyclic) bond motifs is 1. The van der Waals surface area contributed by atoms with Gasteiger partial charge in [-0.05, 0) is 36.2 Å². The third-order valence-corrected chi connectivity index (χ3v) is 3.67. The van der Waals surface area contributed by atoms with Crippen molar-refractivity contribution in [1.82, 2.24) is 5.32 Å². The first kappa shape index (κ1) is 16.6. The van der Waals surface area contributed by atoms with Crippen LogP contribution in [0.25, 0.3) is 0 Å². The average molecular weight is 342 g/mol. The standard InChI is InChI=1S/C18H18N2O5/c1-23-14-4-2-3-12(9-14)7-8-19-17(21)18(22)20-13-5-6-15-16(10-13)25-11-24-15/h2-6,9-10H,7-8,11H2,1H3,(H,19,21)(H,20,22). The van der Waals surface area contributed by atoms with Gasteiger partial charge in [0.25, 0.3) is 0 Å². The Labute approximate surface area is 144 Å². The van der Waals surface area contributed by atoms with Gasteiger partial charge in [0, 0.05) is 18.3 Å². The summed E-state index contributed by atoms with van der Waals surface area (Å²) in [6.45, 7) is 0.498. The highest BCUT2D eigenvalue weighted by Crippen LogP contribution is 2.34. The number of amides is 2. The van der Waals surface area contributed by atoms with E-state index < -0.39 is 11.8 Å². The van der Waals surface area contributed by atoms with E-state index in [0.29, 0.717) is 30.2 Å². The summed E-state index contributed by atoms with van der Waals surface area (Å²) in [5.74, 6) is 0.478. The summed E-state index contributed by atoms with van der Waals surface area (Å²) in [6, 6.07) is 12.5. The van der Waals surface area contributed by atoms with Crippen molar-refractivity contribution in [3.8, 4) is 17.2 Å². The fraction of sp³-hybridized carbons (Fsp3) is 0.222. The molecule has 130 valence electrons. The number of rotatable bonds is 5. The number of methoxy groups -OCH3 is 1. The van der Waals surface area contributed by atoms with Gasteiger partial charge in [0.2, 0.25) is 6.79 Å². The van der Waals surface area contributed by atoms with Gasteiger partial charge < -0.3 is 24.8 Å². The molecule has 7 heteroatoms. The molecule has 2 N–H and O–H groups in total. The molecule has 3 rings (SSSR count). The summed E-state index contributed by atoms with van der Waals surface area (Å²) >= 11 is 0. The van der Waals surface area contributed by atoms with E-state index in [2.05, 4.69) is 10.6 Å². The molecule has 0 unspecified atom stereocenters. The lowest BCUT2D eigenvalue weighted by atomic mass is 10.1. The summed E-state index contributed by atoms with van der Waals surface area (Å²) in [5.41, 5.74) is 1.48. The van der Waals surface area contributed by atoms with Crippen LogP contribution in [0.3, 0.4) is 0 Å². The van der Waals surface area contributed by atoms with E-state index >= 15 is 0 Å². The van der Waals surface area contributed by atoms with E-state index in [1.807, 2.05) is 24.3 Å². The fourth-order valence-corrected chi connectivity index (χ4v) is 2.39. The van der Waals surface area contributed by atoms with Gasteiger partial charge in [0.1, 0.15) is 5.75 Å². The van der Waals surface area contributed by atoms with E-state index in [-0.39, 0.29) is 6.79 Å². The molecule has 7 nitrogen and oxygen atoms in total. The maximum Gasteiger partial charge on any atom is 0.313 e. The van der Waals surface area contributed by atoms with Crippen molar-refractivity contribution < 1.29 is 23.8 Å². The van der Waals surface area contributed by atoms with Crippen LogP contribution in [-0.4, -0.2) is 32.3 Å². The maximum absolute atomic E-state index is 11.9. The zero-order valence-electron chi connectivity index (χ0n) is 13.7. The number of hydrogen-bond donors (Lipinski definition) is 2. The average Bonchev–Trinajstić information content (AvgIpc) is 3.09. The number of anilines is 1. The van der Waals surface area contributed by atoms with Crippen molar-refractivity contribution in [1.29, 1.82) is 0 Å². The predicted octanol–water partition coefficient (Wildman–Crippen LogP) is 1.72. The molecule has 0 atom stereocenters. The maximum atomic E-state index is 11.9. The summed E-state index contributed by atoms with van der Waals surface area (Å²) < 4.78 is 15.6. The van der Waals surface area contributed by atoms with Crippen LogP contribution in [-0.2, 0) is 16.0 Å². The van der Waals surface area contributed by atoms with Gasteiger partial charge in [-0.2, -0.15) is 0 Å². The topological polar surface area (TPSA) is 85.9 Å². The molecule has 0 fully saturated rings. The number of ether oxygens (including phenoxy) is 3. The van der Waals surface area contributed by atoms with Crippen molar-refractivity contribution in [3.05, 3.63) is 48.0 Å². The number of nitrogens with one attached hydrogen (secondary N) is 2. The summed E-state index contributed by atoms with van der Waals surface area (Å²) in [4.78, 5) is 23.8. The SMILES string of the molecule is COc1cccc(CCNC(=O)C(=O)Nc2ccc3c(c2)OCO3)c1. The van der Waals surface area contributed by atoms with Crippen molar-refractivity contribution in [2.24, 2.45) is 0 Å². The molecule has 0 aromatic heterocycles. The Hall–Kier alpha value is -3.22. The second-order valence-electron chi connectivity index (χ2n) is 5.38. The predicted molar refractivity (Wildman–Crippen MR) is 90.9 cm³/mol. The number of carbonyl (C=O) groups is 2. The van der Waals surface area contributed by atoms with E-state index in [9.17, 15) is 9.59 Å². The Morgan fingerprint density at radius 1 is 1.08 bits per heavy atom. The summed E-state index contributed by atoms with van der Waals surface area (Å²) in [7, 11) is 1.60. The fourth-order valence-electron chi connectivity index (χ4n) is 2.39. The molecule has 1 aliphatic rings. The monoisotopic (exact) mass is 342 g/mol. The van der Waals surface area contributed by atoms with E-state index in [1.54, 1.807) is 25.3 Å². The van der Waals surface area contributed by atoms with E-state index in [1.165, 1.54) is 0 Å². The van der Waals surface area contributed by atoms with Crippen LogP contribution in [0.1, 0.15) is 5.56 Å². The molecule has 0 aliphatic carbocycles. The van der Waals surface area contributed by atoms with E-state index in [4.69, 9.17) is 14.2 Å². The molecule has 2 amide bonds. The van der Waals surface area contributed by atoms with Crippen LogP contribution in [0.4, 0.5) is 5.69 Å². The van der Waals surface area contributed by atoms with Gasteiger partial charge in [-0.15, -0.1) is 0 Å². The van der Waals surface area contributed by atoms with Crippen LogP contribution in [0.5, 0.6) is 17.2 Å². The zero-order valence-corrected chi connectivity index (χ0v) is 13.7. The highest BCUT2D eigenvalue weighted by atomic mass is 16.7. The van der Waals surface area contributed by atoms with Crippen LogP contribution in [0.15, 0.2) is 42.5 Å². The molecule has 0 bridgehead atoms. The van der Waals surface area contributed by atoms with Crippen LogP contribution >= 0.6 is 0 Å². The number of carbonyl (C=O) groups excluding carboxylic acids is 2. The molecule has 2 aromatic carbocycles. The molecular formula is C18H18N2O5. The molecular weight excluding hydrogens is 324 g/mol. The lowest BCUT2D eigenvalue weighted by Crippen LogP contribution is -2.36. The largest absolute Gasteiger partial charge is 0.497 e. The number of benzene rings is 2. The smallest absolute Gasteiger partial charge is 0.313 e. The van der Waals surface area contributed by atoms with Gasteiger partial charge in [-0.25, -0.2) is 0 Å². The third kappa shape index (κ3) is 4.20. The molecule has 0 spiro atoms. The normalized spacial score (nSPS) is 11.7.